The lowest BCUT2D eigenvalue weighted by atomic mass is 9.91. The van der Waals surface area contributed by atoms with Crippen LogP contribution in [0, 0.1) is 19.8 Å². The van der Waals surface area contributed by atoms with Crippen molar-refractivity contribution < 1.29 is 14.3 Å². The number of aromatic nitrogens is 3. The zero-order valence-corrected chi connectivity index (χ0v) is 25.7. The fraction of sp³-hybridized carbons (Fsp3) is 0.324. The molecule has 1 atom stereocenters. The first-order valence-corrected chi connectivity index (χ1v) is 14.6. The summed E-state index contributed by atoms with van der Waals surface area (Å²) in [6, 6.07) is 15.7. The van der Waals surface area contributed by atoms with E-state index >= 15 is 0 Å². The Morgan fingerprint density at radius 3 is 2.39 bits per heavy atom. The summed E-state index contributed by atoms with van der Waals surface area (Å²) in [5, 5.41) is 6.31. The van der Waals surface area contributed by atoms with Crippen molar-refractivity contribution in [2.24, 2.45) is 20.0 Å². The van der Waals surface area contributed by atoms with Gasteiger partial charge in [-0.1, -0.05) is 36.4 Å². The number of Topliss-reactive ketones (excluding diaryl/α,β-unsaturated/α-hetero) is 1. The van der Waals surface area contributed by atoms with Crippen molar-refractivity contribution in [2.75, 3.05) is 19.0 Å². The van der Waals surface area contributed by atoms with Crippen molar-refractivity contribution >= 4 is 17.4 Å². The van der Waals surface area contributed by atoms with E-state index in [0.717, 1.165) is 56.6 Å². The Hall–Kier alpha value is -4.83. The minimum atomic E-state index is -0.655. The summed E-state index contributed by atoms with van der Waals surface area (Å²) in [6.07, 6.45) is 3.54. The number of nitrogens with zero attached hydrogens (tertiary/aromatic N) is 3. The summed E-state index contributed by atoms with van der Waals surface area (Å²) < 4.78 is 7.78. The highest BCUT2D eigenvalue weighted by molar-refractivity contribution is 6.04. The zero-order valence-electron chi connectivity index (χ0n) is 25.7. The SMILES string of the molecule is COc1nc(-c2cccc(-c3cccc(NC(=O)c4cn(C)c(=O)n(C)c4=O)c3C)c2C)ccc1CNC[C@@H]1CCC(=O)C1. The molecule has 44 heavy (non-hydrogen) atoms. The molecular weight excluding hydrogens is 558 g/mol. The van der Waals surface area contributed by atoms with Gasteiger partial charge in [0.25, 0.3) is 11.5 Å². The highest BCUT2D eigenvalue weighted by Gasteiger charge is 2.22. The Bertz CT molecular complexity index is 1870. The second kappa shape index (κ2) is 12.8. The lowest BCUT2D eigenvalue weighted by Gasteiger charge is -2.17. The number of benzene rings is 2. The summed E-state index contributed by atoms with van der Waals surface area (Å²) in [7, 11) is 4.46. The molecule has 0 unspecified atom stereocenters. The molecule has 10 nitrogen and oxygen atoms in total. The van der Waals surface area contributed by atoms with Gasteiger partial charge in [-0.25, -0.2) is 9.78 Å². The third kappa shape index (κ3) is 6.12. The van der Waals surface area contributed by atoms with Gasteiger partial charge >= 0.3 is 5.69 Å². The number of pyridine rings is 1. The molecule has 1 fully saturated rings. The largest absolute Gasteiger partial charge is 0.481 e. The molecule has 0 saturated heterocycles. The smallest absolute Gasteiger partial charge is 0.330 e. The fourth-order valence-corrected chi connectivity index (χ4v) is 5.83. The van der Waals surface area contributed by atoms with Crippen LogP contribution in [0.25, 0.3) is 22.4 Å². The summed E-state index contributed by atoms with van der Waals surface area (Å²) >= 11 is 0. The third-order valence-electron chi connectivity index (χ3n) is 8.40. The molecule has 5 rings (SSSR count). The Labute approximate surface area is 255 Å². The first-order chi connectivity index (χ1) is 21.1. The van der Waals surface area contributed by atoms with Gasteiger partial charge in [0.05, 0.1) is 12.8 Å². The van der Waals surface area contributed by atoms with E-state index in [2.05, 4.69) is 10.6 Å². The maximum atomic E-state index is 13.1. The van der Waals surface area contributed by atoms with E-state index in [9.17, 15) is 19.2 Å². The number of ketones is 1. The maximum Gasteiger partial charge on any atom is 0.330 e. The molecule has 4 aromatic rings. The molecule has 2 N–H and O–H groups in total. The zero-order chi connectivity index (χ0) is 31.5. The van der Waals surface area contributed by atoms with Gasteiger partial charge in [-0.2, -0.15) is 0 Å². The third-order valence-corrected chi connectivity index (χ3v) is 8.40. The normalized spacial score (nSPS) is 14.6. The number of carbonyl (C=O) groups excluding carboxylic acids is 2. The average molecular weight is 596 g/mol. The van der Waals surface area contributed by atoms with E-state index in [1.807, 2.05) is 56.3 Å². The quantitative estimate of drug-likeness (QED) is 0.298. The lowest BCUT2D eigenvalue weighted by Crippen LogP contribution is -2.40. The predicted octanol–water partition coefficient (Wildman–Crippen LogP) is 4.15. The second-order valence-electron chi connectivity index (χ2n) is 11.4. The molecule has 1 amide bonds. The molecule has 0 spiro atoms. The number of anilines is 1. The number of carbonyl (C=O) groups is 2. The van der Waals surface area contributed by atoms with E-state index < -0.39 is 17.2 Å². The Kier molecular flexibility index (Phi) is 8.91. The number of methoxy groups -OCH3 is 1. The molecule has 2 heterocycles. The lowest BCUT2D eigenvalue weighted by molar-refractivity contribution is -0.117. The van der Waals surface area contributed by atoms with Crippen molar-refractivity contribution in [1.29, 1.82) is 0 Å². The van der Waals surface area contributed by atoms with Gasteiger partial charge in [0, 0.05) is 56.5 Å². The number of nitrogens with one attached hydrogen (secondary N) is 2. The van der Waals surface area contributed by atoms with E-state index in [1.165, 1.54) is 24.9 Å². The van der Waals surface area contributed by atoms with Gasteiger partial charge in [0.15, 0.2) is 0 Å². The molecule has 10 heteroatoms. The van der Waals surface area contributed by atoms with Crippen LogP contribution in [0.15, 0.2) is 64.3 Å². The highest BCUT2D eigenvalue weighted by Crippen LogP contribution is 2.36. The molecule has 2 aromatic heterocycles. The van der Waals surface area contributed by atoms with Crippen LogP contribution in [-0.4, -0.2) is 39.5 Å². The van der Waals surface area contributed by atoms with E-state index in [0.29, 0.717) is 42.7 Å². The first kappa shape index (κ1) is 30.6. The Balaban J connectivity index is 1.40. The molecular formula is C34H37N5O5. The number of hydrogen-bond acceptors (Lipinski definition) is 7. The van der Waals surface area contributed by atoms with Crippen LogP contribution in [-0.2, 0) is 25.4 Å². The predicted molar refractivity (Wildman–Crippen MR) is 170 cm³/mol. The number of hydrogen-bond donors (Lipinski definition) is 2. The minimum Gasteiger partial charge on any atom is -0.481 e. The Morgan fingerprint density at radius 1 is 0.977 bits per heavy atom. The molecule has 0 aliphatic heterocycles. The van der Waals surface area contributed by atoms with Gasteiger partial charge in [-0.15, -0.1) is 0 Å². The summed E-state index contributed by atoms with van der Waals surface area (Å²) in [4.78, 5) is 54.2. The summed E-state index contributed by atoms with van der Waals surface area (Å²) in [5.41, 5.74) is 5.70. The number of aryl methyl sites for hydroxylation is 1. The van der Waals surface area contributed by atoms with Gasteiger partial charge in [0.1, 0.15) is 11.3 Å². The van der Waals surface area contributed by atoms with Gasteiger partial charge in [-0.3, -0.25) is 19.0 Å². The van der Waals surface area contributed by atoms with Crippen LogP contribution in [0.1, 0.15) is 46.3 Å². The molecule has 1 aliphatic rings. The highest BCUT2D eigenvalue weighted by atomic mass is 16.5. The summed E-state index contributed by atoms with van der Waals surface area (Å²) in [5.74, 6) is 0.697. The van der Waals surface area contributed by atoms with Crippen molar-refractivity contribution in [3.63, 3.8) is 0 Å². The second-order valence-corrected chi connectivity index (χ2v) is 11.4. The van der Waals surface area contributed by atoms with Crippen LogP contribution in [0.3, 0.4) is 0 Å². The molecule has 1 aliphatic carbocycles. The van der Waals surface area contributed by atoms with E-state index in [-0.39, 0.29) is 5.56 Å². The number of amides is 1. The van der Waals surface area contributed by atoms with Gasteiger partial charge in [-0.05, 0) is 67.1 Å². The number of ether oxygens (including phenoxy) is 1. The van der Waals surface area contributed by atoms with Crippen LogP contribution < -0.4 is 26.6 Å². The average Bonchev–Trinajstić information content (AvgIpc) is 3.44. The number of rotatable bonds is 9. The molecule has 228 valence electrons. The topological polar surface area (TPSA) is 124 Å². The Morgan fingerprint density at radius 2 is 1.68 bits per heavy atom. The van der Waals surface area contributed by atoms with Gasteiger partial charge in [0.2, 0.25) is 5.88 Å². The van der Waals surface area contributed by atoms with Crippen LogP contribution in [0.4, 0.5) is 5.69 Å². The molecule has 1 saturated carbocycles. The summed E-state index contributed by atoms with van der Waals surface area (Å²) in [6.45, 7) is 5.35. The van der Waals surface area contributed by atoms with Gasteiger partial charge < -0.3 is 19.9 Å². The fourth-order valence-electron chi connectivity index (χ4n) is 5.83. The van der Waals surface area contributed by atoms with Crippen molar-refractivity contribution in [3.05, 3.63) is 97.8 Å². The minimum absolute atomic E-state index is 0.120. The van der Waals surface area contributed by atoms with Crippen molar-refractivity contribution in [1.82, 2.24) is 19.4 Å². The molecule has 0 radical (unpaired) electrons. The maximum absolute atomic E-state index is 13.1. The van der Waals surface area contributed by atoms with Crippen molar-refractivity contribution in [3.8, 4) is 28.3 Å². The monoisotopic (exact) mass is 595 g/mol. The van der Waals surface area contributed by atoms with Crippen LogP contribution in [0.5, 0.6) is 5.88 Å². The van der Waals surface area contributed by atoms with Crippen molar-refractivity contribution in [2.45, 2.75) is 39.7 Å². The first-order valence-electron chi connectivity index (χ1n) is 14.6. The van der Waals surface area contributed by atoms with E-state index in [4.69, 9.17) is 9.72 Å². The molecule has 2 aromatic carbocycles. The molecule has 0 bridgehead atoms. The van der Waals surface area contributed by atoms with E-state index in [1.54, 1.807) is 13.2 Å². The van der Waals surface area contributed by atoms with Crippen LogP contribution in [0.2, 0.25) is 0 Å². The standard InChI is InChI=1S/C34H37N5O5/c1-20-25(26-9-7-11-29(21(26)2)36-31(41)28-19-38(3)34(43)39(4)33(28)42)8-6-10-27(20)30-15-13-23(32(37-30)44-5)18-35-17-22-12-14-24(40)16-22/h6-11,13,15,19,22,35H,12,14,16-18H2,1-5H3,(H,36,41)/t22-/m1/s1. The van der Waals surface area contributed by atoms with Crippen LogP contribution >= 0.6 is 0 Å².